The van der Waals surface area contributed by atoms with Crippen molar-refractivity contribution < 1.29 is 0 Å². The lowest BCUT2D eigenvalue weighted by Crippen LogP contribution is -1.89. The first-order valence-corrected chi connectivity index (χ1v) is 5.08. The first kappa shape index (κ1) is 9.33. The van der Waals surface area contributed by atoms with Gasteiger partial charge in [0.25, 0.3) is 0 Å². The van der Waals surface area contributed by atoms with Crippen molar-refractivity contribution >= 4 is 34.2 Å². The highest BCUT2D eigenvalue weighted by Gasteiger charge is 2.00. The Bertz CT molecular complexity index is 269. The molecule has 0 spiro atoms. The van der Waals surface area contributed by atoms with Crippen LogP contribution in [-0.2, 0) is 5.88 Å². The Morgan fingerprint density at radius 1 is 1.27 bits per heavy atom. The number of alkyl halides is 1. The smallest absolute Gasteiger partial charge is 0.0476 e. The van der Waals surface area contributed by atoms with E-state index >= 15 is 0 Å². The van der Waals surface area contributed by atoms with Crippen LogP contribution in [0.15, 0.2) is 12.1 Å². The van der Waals surface area contributed by atoms with Crippen molar-refractivity contribution in [2.45, 2.75) is 19.7 Å². The van der Waals surface area contributed by atoms with Crippen LogP contribution in [-0.4, -0.2) is 0 Å². The summed E-state index contributed by atoms with van der Waals surface area (Å²) < 4.78 is 1.31. The number of rotatable bonds is 1. The predicted molar refractivity (Wildman–Crippen MR) is 58.2 cm³/mol. The van der Waals surface area contributed by atoms with Gasteiger partial charge >= 0.3 is 0 Å². The SMILES string of the molecule is Cc1cc(CCl)c(C)cc1I. The van der Waals surface area contributed by atoms with Crippen LogP contribution < -0.4 is 0 Å². The molecular formula is C9H10ClI. The molecule has 0 radical (unpaired) electrons. The number of hydrogen-bond donors (Lipinski definition) is 0. The number of hydrogen-bond acceptors (Lipinski definition) is 0. The van der Waals surface area contributed by atoms with Gasteiger partial charge < -0.3 is 0 Å². The topological polar surface area (TPSA) is 0 Å². The molecule has 0 aromatic heterocycles. The second kappa shape index (κ2) is 3.76. The van der Waals surface area contributed by atoms with Gasteiger partial charge in [-0.3, -0.25) is 0 Å². The lowest BCUT2D eigenvalue weighted by Gasteiger charge is -2.04. The Morgan fingerprint density at radius 2 is 1.91 bits per heavy atom. The van der Waals surface area contributed by atoms with Crippen LogP contribution >= 0.6 is 34.2 Å². The Morgan fingerprint density at radius 3 is 2.45 bits per heavy atom. The fraction of sp³-hybridized carbons (Fsp3) is 0.333. The molecule has 0 aliphatic rings. The van der Waals surface area contributed by atoms with Gasteiger partial charge in [0.05, 0.1) is 0 Å². The summed E-state index contributed by atoms with van der Waals surface area (Å²) in [5.41, 5.74) is 3.84. The van der Waals surface area contributed by atoms with Crippen molar-refractivity contribution in [2.24, 2.45) is 0 Å². The highest BCUT2D eigenvalue weighted by atomic mass is 127. The molecule has 0 atom stereocenters. The zero-order chi connectivity index (χ0) is 8.43. The predicted octanol–water partition coefficient (Wildman–Crippen LogP) is 3.65. The number of halogens is 2. The van der Waals surface area contributed by atoms with Crippen LogP contribution in [0.1, 0.15) is 16.7 Å². The molecule has 0 fully saturated rings. The summed E-state index contributed by atoms with van der Waals surface area (Å²) in [5.74, 6) is 0.615. The molecule has 0 aliphatic heterocycles. The zero-order valence-electron chi connectivity index (χ0n) is 6.62. The van der Waals surface area contributed by atoms with Crippen molar-refractivity contribution in [1.82, 2.24) is 0 Å². The van der Waals surface area contributed by atoms with Gasteiger partial charge in [-0.25, -0.2) is 0 Å². The monoisotopic (exact) mass is 280 g/mol. The summed E-state index contributed by atoms with van der Waals surface area (Å²) >= 11 is 8.09. The molecule has 2 heteroatoms. The molecule has 0 aliphatic carbocycles. The van der Waals surface area contributed by atoms with E-state index in [2.05, 4.69) is 48.6 Å². The van der Waals surface area contributed by atoms with Gasteiger partial charge in [-0.2, -0.15) is 0 Å². The highest BCUT2D eigenvalue weighted by Crippen LogP contribution is 2.18. The molecule has 1 aromatic carbocycles. The van der Waals surface area contributed by atoms with Crippen LogP contribution in [0, 0.1) is 17.4 Å². The van der Waals surface area contributed by atoms with E-state index in [1.54, 1.807) is 0 Å². The standard InChI is InChI=1S/C9H10ClI/c1-6-4-9(11)7(2)3-8(6)5-10/h3-4H,5H2,1-2H3. The van der Waals surface area contributed by atoms with Gasteiger partial charge in [0.1, 0.15) is 0 Å². The fourth-order valence-electron chi connectivity index (χ4n) is 0.985. The van der Waals surface area contributed by atoms with Gasteiger partial charge in [-0.1, -0.05) is 6.07 Å². The van der Waals surface area contributed by atoms with Crippen LogP contribution in [0.25, 0.3) is 0 Å². The Hall–Kier alpha value is 0.240. The van der Waals surface area contributed by atoms with Gasteiger partial charge in [0, 0.05) is 9.45 Å². The van der Waals surface area contributed by atoms with E-state index in [-0.39, 0.29) is 0 Å². The van der Waals surface area contributed by atoms with Crippen molar-refractivity contribution in [1.29, 1.82) is 0 Å². The number of benzene rings is 1. The quantitative estimate of drug-likeness (QED) is 0.544. The molecule has 0 unspecified atom stereocenters. The van der Waals surface area contributed by atoms with E-state index < -0.39 is 0 Å². The minimum atomic E-state index is 0.615. The third-order valence-corrected chi connectivity index (χ3v) is 3.21. The van der Waals surface area contributed by atoms with E-state index in [4.69, 9.17) is 11.6 Å². The minimum absolute atomic E-state index is 0.615. The van der Waals surface area contributed by atoms with E-state index in [1.165, 1.54) is 20.3 Å². The van der Waals surface area contributed by atoms with Crippen LogP contribution in [0.5, 0.6) is 0 Å². The van der Waals surface area contributed by atoms with Crippen molar-refractivity contribution in [3.63, 3.8) is 0 Å². The molecule has 1 rings (SSSR count). The third-order valence-electron chi connectivity index (χ3n) is 1.76. The first-order valence-electron chi connectivity index (χ1n) is 3.46. The first-order chi connectivity index (χ1) is 5.15. The normalized spacial score (nSPS) is 10.2. The van der Waals surface area contributed by atoms with Crippen LogP contribution in [0.2, 0.25) is 0 Å². The number of aryl methyl sites for hydroxylation is 2. The lowest BCUT2D eigenvalue weighted by atomic mass is 10.1. The molecule has 0 heterocycles. The second-order valence-corrected chi connectivity index (χ2v) is 4.09. The van der Waals surface area contributed by atoms with Crippen LogP contribution in [0.4, 0.5) is 0 Å². The van der Waals surface area contributed by atoms with E-state index in [9.17, 15) is 0 Å². The van der Waals surface area contributed by atoms with E-state index in [0.29, 0.717) is 5.88 Å². The largest absolute Gasteiger partial charge is 0.122 e. The summed E-state index contributed by atoms with van der Waals surface area (Å²) in [7, 11) is 0. The fourth-order valence-corrected chi connectivity index (χ4v) is 1.90. The average Bonchev–Trinajstić information content (AvgIpc) is 1.97. The molecule has 11 heavy (non-hydrogen) atoms. The summed E-state index contributed by atoms with van der Waals surface area (Å²) in [5, 5.41) is 0. The van der Waals surface area contributed by atoms with E-state index in [0.717, 1.165) is 0 Å². The molecule has 0 saturated heterocycles. The van der Waals surface area contributed by atoms with E-state index in [1.807, 2.05) is 0 Å². The van der Waals surface area contributed by atoms with Crippen molar-refractivity contribution in [2.75, 3.05) is 0 Å². The molecule has 0 saturated carbocycles. The molecular weight excluding hydrogens is 270 g/mol. The highest BCUT2D eigenvalue weighted by molar-refractivity contribution is 14.1. The minimum Gasteiger partial charge on any atom is -0.122 e. The summed E-state index contributed by atoms with van der Waals surface area (Å²) in [6, 6.07) is 4.33. The molecule has 0 amide bonds. The molecule has 1 aromatic rings. The maximum absolute atomic E-state index is 5.75. The van der Waals surface area contributed by atoms with Gasteiger partial charge in [0.15, 0.2) is 0 Å². The van der Waals surface area contributed by atoms with Gasteiger partial charge in [-0.15, -0.1) is 11.6 Å². The maximum atomic E-state index is 5.75. The Kier molecular flexibility index (Phi) is 3.19. The van der Waals surface area contributed by atoms with Gasteiger partial charge in [0.2, 0.25) is 0 Å². The van der Waals surface area contributed by atoms with Crippen molar-refractivity contribution in [3.05, 3.63) is 32.4 Å². The summed E-state index contributed by atoms with van der Waals surface area (Å²) in [6.07, 6.45) is 0. The molecule has 0 N–H and O–H groups in total. The molecule has 0 bridgehead atoms. The second-order valence-electron chi connectivity index (χ2n) is 2.66. The lowest BCUT2D eigenvalue weighted by molar-refractivity contribution is 1.25. The third kappa shape index (κ3) is 2.09. The maximum Gasteiger partial charge on any atom is 0.0476 e. The summed E-state index contributed by atoms with van der Waals surface area (Å²) in [6.45, 7) is 4.20. The summed E-state index contributed by atoms with van der Waals surface area (Å²) in [4.78, 5) is 0. The van der Waals surface area contributed by atoms with Crippen molar-refractivity contribution in [3.8, 4) is 0 Å². The van der Waals surface area contributed by atoms with Crippen LogP contribution in [0.3, 0.4) is 0 Å². The Labute approximate surface area is 86.1 Å². The van der Waals surface area contributed by atoms with Gasteiger partial charge in [-0.05, 0) is 59.2 Å². The zero-order valence-corrected chi connectivity index (χ0v) is 9.53. The Balaban J connectivity index is 3.21. The molecule has 0 nitrogen and oxygen atoms in total. The molecule has 60 valence electrons. The average molecular weight is 281 g/mol.